The van der Waals surface area contributed by atoms with Gasteiger partial charge in [0, 0.05) is 19.0 Å². The Morgan fingerprint density at radius 3 is 3.04 bits per heavy atom. The molecule has 0 radical (unpaired) electrons. The van der Waals surface area contributed by atoms with Gasteiger partial charge in [0.25, 0.3) is 5.91 Å². The lowest BCUT2D eigenvalue weighted by Gasteiger charge is -2.31. The summed E-state index contributed by atoms with van der Waals surface area (Å²) in [5.74, 6) is 1.94. The summed E-state index contributed by atoms with van der Waals surface area (Å²) in [5.41, 5.74) is 6.24. The number of hydrogen-bond acceptors (Lipinski definition) is 6. The molecule has 1 aromatic carbocycles. The number of likely N-dealkylation sites (tertiary alicyclic amines) is 1. The molecule has 1 fully saturated rings. The van der Waals surface area contributed by atoms with Crippen molar-refractivity contribution in [3.8, 4) is 11.5 Å². The standard InChI is InChI=1S/C17H23N5O3/c1-24-15-7-12(4-5-14(15)25-10-16(18)23)8-22-6-2-3-13(9-22)17-19-11-20-21-17/h4-5,7,11,13H,2-3,6,8-10H2,1H3,(H2,18,23)(H,19,20,21)/t13-/m0/s1. The van der Waals surface area contributed by atoms with Gasteiger partial charge in [0.2, 0.25) is 0 Å². The highest BCUT2D eigenvalue weighted by atomic mass is 16.5. The first-order valence-electron chi connectivity index (χ1n) is 8.31. The highest BCUT2D eigenvalue weighted by Crippen LogP contribution is 2.30. The van der Waals surface area contributed by atoms with Gasteiger partial charge in [-0.2, -0.15) is 5.10 Å². The number of nitrogens with zero attached hydrogens (tertiary/aromatic N) is 3. The Bertz CT molecular complexity index is 704. The van der Waals surface area contributed by atoms with Crippen LogP contribution in [0.5, 0.6) is 11.5 Å². The van der Waals surface area contributed by atoms with Gasteiger partial charge >= 0.3 is 0 Å². The predicted molar refractivity (Wildman–Crippen MR) is 91.3 cm³/mol. The highest BCUT2D eigenvalue weighted by Gasteiger charge is 2.23. The number of aromatic nitrogens is 3. The van der Waals surface area contributed by atoms with Crippen LogP contribution in [0.3, 0.4) is 0 Å². The van der Waals surface area contributed by atoms with E-state index in [-0.39, 0.29) is 6.61 Å². The lowest BCUT2D eigenvalue weighted by atomic mass is 9.97. The molecule has 8 heteroatoms. The third-order valence-electron chi connectivity index (χ3n) is 4.33. The van der Waals surface area contributed by atoms with Gasteiger partial charge in [-0.25, -0.2) is 4.98 Å². The van der Waals surface area contributed by atoms with Crippen molar-refractivity contribution in [2.24, 2.45) is 5.73 Å². The topological polar surface area (TPSA) is 106 Å². The molecule has 1 aliphatic heterocycles. The minimum Gasteiger partial charge on any atom is -0.493 e. The third-order valence-corrected chi connectivity index (χ3v) is 4.33. The van der Waals surface area contributed by atoms with Crippen LogP contribution in [0.15, 0.2) is 24.5 Å². The number of piperidine rings is 1. The first-order chi connectivity index (χ1) is 12.2. The first-order valence-corrected chi connectivity index (χ1v) is 8.31. The maximum atomic E-state index is 10.9. The quantitative estimate of drug-likeness (QED) is 0.777. The van der Waals surface area contributed by atoms with Crippen molar-refractivity contribution in [3.05, 3.63) is 35.9 Å². The summed E-state index contributed by atoms with van der Waals surface area (Å²) in [5, 5.41) is 6.93. The second-order valence-corrected chi connectivity index (χ2v) is 6.19. The number of rotatable bonds is 7. The van der Waals surface area contributed by atoms with Gasteiger partial charge in [-0.05, 0) is 37.1 Å². The number of ether oxygens (including phenoxy) is 2. The fourth-order valence-electron chi connectivity index (χ4n) is 3.17. The van der Waals surface area contributed by atoms with Crippen LogP contribution in [-0.2, 0) is 11.3 Å². The smallest absolute Gasteiger partial charge is 0.255 e. The largest absolute Gasteiger partial charge is 0.493 e. The molecule has 0 aliphatic carbocycles. The van der Waals surface area contributed by atoms with Crippen molar-refractivity contribution in [1.29, 1.82) is 0 Å². The summed E-state index contributed by atoms with van der Waals surface area (Å²) in [6.45, 7) is 2.64. The molecular weight excluding hydrogens is 322 g/mol. The number of hydrogen-bond donors (Lipinski definition) is 2. The van der Waals surface area contributed by atoms with Gasteiger partial charge in [0.15, 0.2) is 18.1 Å². The average Bonchev–Trinajstić information content (AvgIpc) is 3.15. The van der Waals surface area contributed by atoms with E-state index in [0.717, 1.165) is 43.9 Å². The maximum Gasteiger partial charge on any atom is 0.255 e. The maximum absolute atomic E-state index is 10.9. The van der Waals surface area contributed by atoms with E-state index < -0.39 is 5.91 Å². The Hall–Kier alpha value is -2.61. The van der Waals surface area contributed by atoms with Crippen LogP contribution < -0.4 is 15.2 Å². The normalized spacial score (nSPS) is 18.0. The fraction of sp³-hybridized carbons (Fsp3) is 0.471. The zero-order chi connectivity index (χ0) is 17.6. The van der Waals surface area contributed by atoms with Crippen molar-refractivity contribution in [2.75, 3.05) is 26.8 Å². The Morgan fingerprint density at radius 2 is 2.32 bits per heavy atom. The molecule has 1 atom stereocenters. The van der Waals surface area contributed by atoms with Crippen LogP contribution in [0.1, 0.15) is 30.1 Å². The van der Waals surface area contributed by atoms with Crippen molar-refractivity contribution in [1.82, 2.24) is 20.1 Å². The van der Waals surface area contributed by atoms with E-state index in [1.807, 2.05) is 18.2 Å². The summed E-state index contributed by atoms with van der Waals surface area (Å²) in [7, 11) is 1.58. The van der Waals surface area contributed by atoms with Gasteiger partial charge in [-0.1, -0.05) is 6.07 Å². The second kappa shape index (κ2) is 7.98. The second-order valence-electron chi connectivity index (χ2n) is 6.19. The molecule has 134 valence electrons. The zero-order valence-electron chi connectivity index (χ0n) is 14.3. The van der Waals surface area contributed by atoms with Crippen LogP contribution in [-0.4, -0.2) is 52.8 Å². The molecule has 0 unspecified atom stereocenters. The Balaban J connectivity index is 1.64. The van der Waals surface area contributed by atoms with E-state index in [2.05, 4.69) is 20.1 Å². The van der Waals surface area contributed by atoms with Gasteiger partial charge < -0.3 is 15.2 Å². The van der Waals surface area contributed by atoms with E-state index in [1.54, 1.807) is 13.4 Å². The van der Waals surface area contributed by atoms with E-state index >= 15 is 0 Å². The van der Waals surface area contributed by atoms with E-state index in [1.165, 1.54) is 0 Å². The molecule has 1 aromatic heterocycles. The van der Waals surface area contributed by atoms with Crippen LogP contribution in [0, 0.1) is 0 Å². The van der Waals surface area contributed by atoms with Crippen molar-refractivity contribution < 1.29 is 14.3 Å². The molecule has 1 aliphatic rings. The summed E-state index contributed by atoms with van der Waals surface area (Å²) in [4.78, 5) is 17.6. The Morgan fingerprint density at radius 1 is 1.44 bits per heavy atom. The van der Waals surface area contributed by atoms with E-state index in [9.17, 15) is 4.79 Å². The summed E-state index contributed by atoms with van der Waals surface area (Å²) < 4.78 is 10.7. The number of carbonyl (C=O) groups excluding carboxylic acids is 1. The van der Waals surface area contributed by atoms with Gasteiger partial charge in [0.1, 0.15) is 12.2 Å². The van der Waals surface area contributed by atoms with Crippen molar-refractivity contribution in [3.63, 3.8) is 0 Å². The molecule has 3 rings (SSSR count). The molecule has 8 nitrogen and oxygen atoms in total. The van der Waals surface area contributed by atoms with Crippen LogP contribution in [0.25, 0.3) is 0 Å². The molecular formula is C17H23N5O3. The van der Waals surface area contributed by atoms with Gasteiger partial charge in [-0.3, -0.25) is 14.8 Å². The third kappa shape index (κ3) is 4.48. The molecule has 1 saturated heterocycles. The highest BCUT2D eigenvalue weighted by molar-refractivity contribution is 5.75. The average molecular weight is 345 g/mol. The monoisotopic (exact) mass is 345 g/mol. The first kappa shape index (κ1) is 17.2. The molecule has 2 heterocycles. The molecule has 0 spiro atoms. The number of nitrogens with one attached hydrogen (secondary N) is 1. The summed E-state index contributed by atoms with van der Waals surface area (Å²) in [6.07, 6.45) is 3.81. The Kier molecular flexibility index (Phi) is 5.49. The van der Waals surface area contributed by atoms with Crippen molar-refractivity contribution >= 4 is 5.91 Å². The van der Waals surface area contributed by atoms with Gasteiger partial charge in [0.05, 0.1) is 7.11 Å². The fourth-order valence-corrected chi connectivity index (χ4v) is 3.17. The number of nitrogens with two attached hydrogens (primary N) is 1. The summed E-state index contributed by atoms with van der Waals surface area (Å²) >= 11 is 0. The van der Waals surface area contributed by atoms with Crippen LogP contribution in [0.2, 0.25) is 0 Å². The van der Waals surface area contributed by atoms with E-state index in [4.69, 9.17) is 15.2 Å². The number of benzene rings is 1. The molecule has 0 bridgehead atoms. The van der Waals surface area contributed by atoms with Crippen molar-refractivity contribution in [2.45, 2.75) is 25.3 Å². The van der Waals surface area contributed by atoms with Crippen LogP contribution in [0.4, 0.5) is 0 Å². The Labute approximate surface area is 146 Å². The van der Waals surface area contributed by atoms with Crippen LogP contribution >= 0.6 is 0 Å². The molecule has 1 amide bonds. The van der Waals surface area contributed by atoms with E-state index in [0.29, 0.717) is 17.4 Å². The van der Waals surface area contributed by atoms with Gasteiger partial charge in [-0.15, -0.1) is 0 Å². The summed E-state index contributed by atoms with van der Waals surface area (Å²) in [6, 6.07) is 5.74. The molecule has 3 N–H and O–H groups in total. The minimum atomic E-state index is -0.516. The minimum absolute atomic E-state index is 0.166. The predicted octanol–water partition coefficient (Wildman–Crippen LogP) is 1.06. The zero-order valence-corrected chi connectivity index (χ0v) is 14.3. The lowest BCUT2D eigenvalue weighted by Crippen LogP contribution is -2.34. The number of aromatic amines is 1. The number of amides is 1. The molecule has 25 heavy (non-hydrogen) atoms. The lowest BCUT2D eigenvalue weighted by molar-refractivity contribution is -0.119. The number of methoxy groups -OCH3 is 1. The SMILES string of the molecule is COc1cc(CN2CCC[C@H](c3ncn[nH]3)C2)ccc1OCC(N)=O. The number of carbonyl (C=O) groups is 1. The number of H-pyrrole nitrogens is 1. The number of primary amides is 1. The molecule has 2 aromatic rings. The molecule has 0 saturated carbocycles.